The summed E-state index contributed by atoms with van der Waals surface area (Å²) in [5.74, 6) is -2.81. The second kappa shape index (κ2) is 8.74. The molecule has 176 valence electrons. The third-order valence-electron chi connectivity index (χ3n) is 5.68. The lowest BCUT2D eigenvalue weighted by Crippen LogP contribution is -2.39. The molecule has 1 N–H and O–H groups in total. The standard InChI is InChI=1S/C25H21F3N2O4/c1-3-29-18-11-10-16(25(26,27)28)14-19(18)30(17-7-5-4-6-8-17)24(33)22(23(29)32)15-9-12-20(31)21(13-15)34-2/h4-14,22,31H,3H2,1-2H3. The minimum absolute atomic E-state index is 0.0468. The summed E-state index contributed by atoms with van der Waals surface area (Å²) in [5, 5.41) is 9.98. The van der Waals surface area contributed by atoms with E-state index in [-0.39, 0.29) is 35.0 Å². The number of amides is 2. The first-order valence-electron chi connectivity index (χ1n) is 10.5. The molecule has 0 aromatic heterocycles. The van der Waals surface area contributed by atoms with E-state index in [4.69, 9.17) is 4.74 Å². The average Bonchev–Trinajstić information content (AvgIpc) is 2.90. The molecule has 34 heavy (non-hydrogen) atoms. The molecule has 3 aromatic rings. The molecule has 1 aliphatic rings. The number of ether oxygens (including phenoxy) is 1. The fourth-order valence-corrected chi connectivity index (χ4v) is 4.06. The molecule has 1 atom stereocenters. The molecular weight excluding hydrogens is 449 g/mol. The highest BCUT2D eigenvalue weighted by Crippen LogP contribution is 2.45. The number of benzene rings is 3. The predicted molar refractivity (Wildman–Crippen MR) is 120 cm³/mol. The number of alkyl halides is 3. The van der Waals surface area contributed by atoms with Gasteiger partial charge >= 0.3 is 6.18 Å². The van der Waals surface area contributed by atoms with Crippen molar-refractivity contribution in [3.63, 3.8) is 0 Å². The zero-order chi connectivity index (χ0) is 24.6. The molecule has 0 radical (unpaired) electrons. The molecule has 2 amide bonds. The number of methoxy groups -OCH3 is 1. The van der Waals surface area contributed by atoms with Crippen LogP contribution in [0.4, 0.5) is 30.2 Å². The second-order valence-electron chi connectivity index (χ2n) is 7.66. The maximum absolute atomic E-state index is 13.9. The molecule has 1 aliphatic heterocycles. The van der Waals surface area contributed by atoms with Crippen molar-refractivity contribution in [3.8, 4) is 11.5 Å². The monoisotopic (exact) mass is 470 g/mol. The number of fused-ring (bicyclic) bond motifs is 1. The number of para-hydroxylation sites is 1. The third-order valence-corrected chi connectivity index (χ3v) is 5.68. The van der Waals surface area contributed by atoms with Crippen molar-refractivity contribution in [2.24, 2.45) is 0 Å². The molecule has 9 heteroatoms. The van der Waals surface area contributed by atoms with Gasteiger partial charge in [-0.1, -0.05) is 24.3 Å². The molecule has 0 fully saturated rings. The molecule has 0 spiro atoms. The molecule has 0 bridgehead atoms. The van der Waals surface area contributed by atoms with E-state index in [2.05, 4.69) is 0 Å². The van der Waals surface area contributed by atoms with Crippen LogP contribution >= 0.6 is 0 Å². The molecular formula is C25H21F3N2O4. The van der Waals surface area contributed by atoms with Crippen LogP contribution in [-0.2, 0) is 15.8 Å². The number of phenols is 1. The summed E-state index contributed by atoms with van der Waals surface area (Å²) in [5.41, 5.74) is -0.240. The summed E-state index contributed by atoms with van der Waals surface area (Å²) in [7, 11) is 1.33. The van der Waals surface area contributed by atoms with Gasteiger partial charge in [0.2, 0.25) is 11.8 Å². The van der Waals surface area contributed by atoms with Gasteiger partial charge in [0.15, 0.2) is 11.5 Å². The number of halogens is 3. The highest BCUT2D eigenvalue weighted by atomic mass is 19.4. The van der Waals surface area contributed by atoms with Crippen molar-refractivity contribution >= 4 is 28.9 Å². The maximum atomic E-state index is 13.9. The molecule has 4 rings (SSSR count). The van der Waals surface area contributed by atoms with Crippen LogP contribution in [0.15, 0.2) is 66.7 Å². The Balaban J connectivity index is 1.99. The molecule has 1 unspecified atom stereocenters. The van der Waals surface area contributed by atoms with Gasteiger partial charge in [-0.05, 0) is 55.0 Å². The highest BCUT2D eigenvalue weighted by molar-refractivity contribution is 6.23. The number of phenolic OH excluding ortho intramolecular Hbond substituents is 1. The SMILES string of the molecule is CCN1C(=O)C(c2ccc(O)c(OC)c2)C(=O)N(c2ccccc2)c2cc(C(F)(F)F)ccc21. The fraction of sp³-hybridized carbons (Fsp3) is 0.200. The second-order valence-corrected chi connectivity index (χ2v) is 7.66. The number of hydrogen-bond acceptors (Lipinski definition) is 4. The Labute approximate surface area is 193 Å². The fourth-order valence-electron chi connectivity index (χ4n) is 4.06. The molecule has 3 aromatic carbocycles. The Morgan fingerprint density at radius 1 is 0.941 bits per heavy atom. The smallest absolute Gasteiger partial charge is 0.416 e. The maximum Gasteiger partial charge on any atom is 0.416 e. The van der Waals surface area contributed by atoms with Gasteiger partial charge in [-0.15, -0.1) is 0 Å². The number of hydrogen-bond donors (Lipinski definition) is 1. The van der Waals surface area contributed by atoms with E-state index in [1.165, 1.54) is 36.3 Å². The minimum Gasteiger partial charge on any atom is -0.504 e. The van der Waals surface area contributed by atoms with Gasteiger partial charge in [-0.2, -0.15) is 13.2 Å². The third kappa shape index (κ3) is 3.93. The largest absolute Gasteiger partial charge is 0.504 e. The minimum atomic E-state index is -4.64. The van der Waals surface area contributed by atoms with Crippen LogP contribution in [0, 0.1) is 0 Å². The zero-order valence-corrected chi connectivity index (χ0v) is 18.3. The first-order chi connectivity index (χ1) is 16.2. The van der Waals surface area contributed by atoms with E-state index >= 15 is 0 Å². The Morgan fingerprint density at radius 2 is 1.65 bits per heavy atom. The van der Waals surface area contributed by atoms with E-state index < -0.39 is 29.5 Å². The van der Waals surface area contributed by atoms with E-state index in [0.717, 1.165) is 17.0 Å². The molecule has 0 aliphatic carbocycles. The zero-order valence-electron chi connectivity index (χ0n) is 18.3. The lowest BCUT2D eigenvalue weighted by atomic mass is 9.95. The summed E-state index contributed by atoms with van der Waals surface area (Å²) in [6.07, 6.45) is -4.64. The lowest BCUT2D eigenvalue weighted by Gasteiger charge is -2.26. The van der Waals surface area contributed by atoms with Crippen LogP contribution in [0.1, 0.15) is 24.0 Å². The highest BCUT2D eigenvalue weighted by Gasteiger charge is 2.43. The first-order valence-corrected chi connectivity index (χ1v) is 10.5. The molecule has 6 nitrogen and oxygen atoms in total. The van der Waals surface area contributed by atoms with Crippen molar-refractivity contribution in [2.45, 2.75) is 19.0 Å². The Bertz CT molecular complexity index is 1240. The van der Waals surface area contributed by atoms with E-state index in [1.54, 1.807) is 37.3 Å². The summed E-state index contributed by atoms with van der Waals surface area (Å²) < 4.78 is 45.9. The summed E-state index contributed by atoms with van der Waals surface area (Å²) in [6.45, 7) is 1.80. The summed E-state index contributed by atoms with van der Waals surface area (Å²) in [4.78, 5) is 30.0. The number of nitrogens with zero attached hydrogens (tertiary/aromatic N) is 2. The van der Waals surface area contributed by atoms with Crippen LogP contribution in [0.2, 0.25) is 0 Å². The Morgan fingerprint density at radius 3 is 2.26 bits per heavy atom. The topological polar surface area (TPSA) is 70.1 Å². The summed E-state index contributed by atoms with van der Waals surface area (Å²) in [6, 6.07) is 15.3. The van der Waals surface area contributed by atoms with Crippen LogP contribution in [0.25, 0.3) is 0 Å². The van der Waals surface area contributed by atoms with Gasteiger partial charge in [0, 0.05) is 12.2 Å². The average molecular weight is 470 g/mol. The van der Waals surface area contributed by atoms with Gasteiger partial charge in [-0.25, -0.2) is 0 Å². The van der Waals surface area contributed by atoms with E-state index in [9.17, 15) is 27.9 Å². The van der Waals surface area contributed by atoms with E-state index in [0.29, 0.717) is 5.69 Å². The Hall–Kier alpha value is -4.01. The van der Waals surface area contributed by atoms with Crippen molar-refractivity contribution in [1.29, 1.82) is 0 Å². The number of rotatable bonds is 4. The first kappa shape index (κ1) is 23.2. The van der Waals surface area contributed by atoms with Crippen molar-refractivity contribution in [1.82, 2.24) is 0 Å². The van der Waals surface area contributed by atoms with Crippen LogP contribution in [0.5, 0.6) is 11.5 Å². The number of carbonyl (C=O) groups excluding carboxylic acids is 2. The van der Waals surface area contributed by atoms with Crippen molar-refractivity contribution in [2.75, 3.05) is 23.5 Å². The predicted octanol–water partition coefficient (Wildman–Crippen LogP) is 5.23. The van der Waals surface area contributed by atoms with Crippen LogP contribution < -0.4 is 14.5 Å². The van der Waals surface area contributed by atoms with Crippen LogP contribution in [0.3, 0.4) is 0 Å². The number of anilines is 3. The van der Waals surface area contributed by atoms with Gasteiger partial charge in [0.25, 0.3) is 0 Å². The number of carbonyl (C=O) groups is 2. The number of aromatic hydroxyl groups is 1. The van der Waals surface area contributed by atoms with Gasteiger partial charge in [-0.3, -0.25) is 14.5 Å². The molecule has 1 heterocycles. The number of likely N-dealkylation sites (N-methyl/N-ethyl adjacent to an activating group) is 1. The van der Waals surface area contributed by atoms with Gasteiger partial charge < -0.3 is 14.7 Å². The summed E-state index contributed by atoms with van der Waals surface area (Å²) >= 11 is 0. The van der Waals surface area contributed by atoms with Crippen LogP contribution in [-0.4, -0.2) is 30.6 Å². The van der Waals surface area contributed by atoms with Crippen molar-refractivity contribution < 1.29 is 32.6 Å². The van der Waals surface area contributed by atoms with Gasteiger partial charge in [0.1, 0.15) is 5.92 Å². The normalized spacial score (nSPS) is 16.3. The lowest BCUT2D eigenvalue weighted by molar-refractivity contribution is -0.137. The molecule has 0 saturated heterocycles. The Kier molecular flexibility index (Phi) is 5.95. The quantitative estimate of drug-likeness (QED) is 0.530. The van der Waals surface area contributed by atoms with Crippen molar-refractivity contribution in [3.05, 3.63) is 77.9 Å². The molecule has 0 saturated carbocycles. The van der Waals surface area contributed by atoms with Gasteiger partial charge in [0.05, 0.1) is 24.0 Å². The van der Waals surface area contributed by atoms with E-state index in [1.807, 2.05) is 0 Å².